The minimum absolute atomic E-state index is 0.255. The number of carbonyl (C=O) groups excluding carboxylic acids is 1. The molecule has 0 N–H and O–H groups in total. The largest absolute Gasteiger partial charge is 0.461 e. The summed E-state index contributed by atoms with van der Waals surface area (Å²) in [5.74, 6) is -0.0133. The molecule has 0 amide bonds. The number of aryl methyl sites for hydroxylation is 1. The van der Waals surface area contributed by atoms with Gasteiger partial charge in [0, 0.05) is 10.0 Å². The minimum Gasteiger partial charge on any atom is -0.461 e. The fourth-order valence-corrected chi connectivity index (χ4v) is 2.93. The fraction of sp³-hybridized carbons (Fsp3) is 0.222. The standard InChI is InChI=1S/C18H14Cl2N4O2/c1-3-26-18(25)16-11(2)23-17(15-9-21-6-7-22-15)24(16)10-12-8-13(19)4-5-14(12)20/h4-5,8-9H,3,10H2,1-2H3. The Morgan fingerprint density at radius 2 is 2.12 bits per heavy atom. The molecule has 3 aromatic rings. The zero-order chi connectivity index (χ0) is 18.7. The number of halogens is 2. The normalized spacial score (nSPS) is 10.5. The van der Waals surface area contributed by atoms with Crippen LogP contribution in [0.25, 0.3) is 11.5 Å². The highest BCUT2D eigenvalue weighted by atomic mass is 35.5. The van der Waals surface area contributed by atoms with Crippen LogP contribution in [0.5, 0.6) is 0 Å². The maximum absolute atomic E-state index is 12.5. The minimum atomic E-state index is -0.471. The zero-order valence-corrected chi connectivity index (χ0v) is 15.6. The van der Waals surface area contributed by atoms with E-state index in [1.807, 2.05) is 0 Å². The molecule has 0 aliphatic rings. The van der Waals surface area contributed by atoms with E-state index in [0.717, 1.165) is 5.56 Å². The van der Waals surface area contributed by atoms with Crippen LogP contribution in [0.3, 0.4) is 0 Å². The van der Waals surface area contributed by atoms with Crippen LogP contribution in [-0.2, 0) is 11.3 Å². The Labute approximate surface area is 160 Å². The van der Waals surface area contributed by atoms with Crippen LogP contribution in [0.2, 0.25) is 10.0 Å². The van der Waals surface area contributed by atoms with Gasteiger partial charge in [-0.05, 0) is 37.6 Å². The molecule has 3 rings (SSSR count). The molecule has 8 heteroatoms. The molecule has 0 atom stereocenters. The van der Waals surface area contributed by atoms with Crippen molar-refractivity contribution in [2.45, 2.75) is 20.4 Å². The predicted molar refractivity (Wildman–Crippen MR) is 97.2 cm³/mol. The van der Waals surface area contributed by atoms with Gasteiger partial charge in [0.1, 0.15) is 5.69 Å². The third-order valence-corrected chi connectivity index (χ3v) is 4.26. The maximum atomic E-state index is 12.5. The van der Waals surface area contributed by atoms with Crippen molar-refractivity contribution in [3.05, 3.63) is 63.8 Å². The van der Waals surface area contributed by atoms with Gasteiger partial charge in [-0.3, -0.25) is 0 Å². The molecule has 2 heterocycles. The van der Waals surface area contributed by atoms with Gasteiger partial charge in [-0.2, -0.15) is 4.98 Å². The van der Waals surface area contributed by atoms with Crippen molar-refractivity contribution in [1.29, 1.82) is 0 Å². The number of hydrogen-bond acceptors (Lipinski definition) is 5. The summed E-state index contributed by atoms with van der Waals surface area (Å²) >= 11 is 12.4. The van der Waals surface area contributed by atoms with Gasteiger partial charge >= 0.3 is 5.97 Å². The summed E-state index contributed by atoms with van der Waals surface area (Å²) in [5, 5.41) is 1.07. The molecule has 0 spiro atoms. The molecule has 0 saturated heterocycles. The van der Waals surface area contributed by atoms with Gasteiger partial charge < -0.3 is 9.30 Å². The molecule has 26 heavy (non-hydrogen) atoms. The van der Waals surface area contributed by atoms with Crippen LogP contribution < -0.4 is 0 Å². The van der Waals surface area contributed by atoms with Gasteiger partial charge in [0.25, 0.3) is 0 Å². The van der Waals surface area contributed by atoms with Crippen LogP contribution >= 0.6 is 23.2 Å². The van der Waals surface area contributed by atoms with Crippen molar-refractivity contribution in [2.24, 2.45) is 0 Å². The lowest BCUT2D eigenvalue weighted by atomic mass is 10.2. The molecule has 132 valence electrons. The lowest BCUT2D eigenvalue weighted by Crippen LogP contribution is -2.15. The smallest absolute Gasteiger partial charge is 0.356 e. The first-order chi connectivity index (χ1) is 12.5. The summed E-state index contributed by atoms with van der Waals surface area (Å²) in [4.78, 5) is 25.0. The quantitative estimate of drug-likeness (QED) is 0.622. The molecular weight excluding hydrogens is 375 g/mol. The maximum Gasteiger partial charge on any atom is 0.356 e. The van der Waals surface area contributed by atoms with E-state index in [4.69, 9.17) is 27.9 Å². The summed E-state index contributed by atoms with van der Waals surface area (Å²) in [5.41, 5.74) is 2.04. The molecule has 0 bridgehead atoms. The lowest BCUT2D eigenvalue weighted by Gasteiger charge is -2.12. The number of hydrogen-bond donors (Lipinski definition) is 0. The lowest BCUT2D eigenvalue weighted by molar-refractivity contribution is 0.0513. The first-order valence-electron chi connectivity index (χ1n) is 7.80. The highest BCUT2D eigenvalue weighted by Crippen LogP contribution is 2.26. The Balaban J connectivity index is 2.16. The van der Waals surface area contributed by atoms with Gasteiger partial charge in [-0.1, -0.05) is 23.2 Å². The molecule has 0 aliphatic heterocycles. The van der Waals surface area contributed by atoms with Crippen LogP contribution in [0.1, 0.15) is 28.7 Å². The van der Waals surface area contributed by atoms with Crippen LogP contribution in [-0.4, -0.2) is 32.1 Å². The average Bonchev–Trinajstić information content (AvgIpc) is 2.95. The summed E-state index contributed by atoms with van der Waals surface area (Å²) in [6.07, 6.45) is 6.55. The summed E-state index contributed by atoms with van der Waals surface area (Å²) in [7, 11) is 0. The van der Waals surface area contributed by atoms with Crippen molar-refractivity contribution in [3.63, 3.8) is 0 Å². The Kier molecular flexibility index (Phi) is 5.40. The second-order valence-corrected chi connectivity index (χ2v) is 6.23. The Hall–Kier alpha value is -2.62. The Morgan fingerprint density at radius 1 is 1.31 bits per heavy atom. The molecule has 2 aromatic heterocycles. The summed E-state index contributed by atoms with van der Waals surface area (Å²) in [6.45, 7) is 4.00. The van der Waals surface area contributed by atoms with Crippen LogP contribution in [0.15, 0.2) is 24.4 Å². The molecule has 0 radical (unpaired) electrons. The first-order valence-corrected chi connectivity index (χ1v) is 8.56. The van der Waals surface area contributed by atoms with Gasteiger partial charge in [0.15, 0.2) is 11.5 Å². The van der Waals surface area contributed by atoms with Gasteiger partial charge in [-0.15, -0.1) is 0 Å². The molecule has 0 unspecified atom stereocenters. The number of aromatic nitrogens is 4. The van der Waals surface area contributed by atoms with E-state index in [1.54, 1.807) is 36.6 Å². The Bertz CT molecular complexity index is 942. The fourth-order valence-electron chi connectivity index (χ4n) is 2.56. The number of rotatable bonds is 5. The van der Waals surface area contributed by atoms with Crippen molar-refractivity contribution in [2.75, 3.05) is 6.61 Å². The zero-order valence-electron chi connectivity index (χ0n) is 14.1. The monoisotopic (exact) mass is 388 g/mol. The van der Waals surface area contributed by atoms with Crippen LogP contribution in [0, 0.1) is 19.3 Å². The van der Waals surface area contributed by atoms with E-state index in [9.17, 15) is 4.79 Å². The van der Waals surface area contributed by atoms with E-state index >= 15 is 0 Å². The van der Waals surface area contributed by atoms with Crippen molar-refractivity contribution in [1.82, 2.24) is 19.5 Å². The number of imidazole rings is 1. The molecule has 0 saturated carbocycles. The number of esters is 1. The molecule has 6 nitrogen and oxygen atoms in total. The summed E-state index contributed by atoms with van der Waals surface area (Å²) in [6, 6.07) is 5.15. The van der Waals surface area contributed by atoms with E-state index in [0.29, 0.717) is 33.0 Å². The molecule has 0 aliphatic carbocycles. The highest BCUT2D eigenvalue weighted by Gasteiger charge is 2.24. The molecular formula is C18H14Cl2N4O2. The van der Waals surface area contributed by atoms with Crippen molar-refractivity contribution < 1.29 is 9.53 Å². The molecule has 0 fully saturated rings. The predicted octanol–water partition coefficient (Wildman–Crippen LogP) is 3.78. The van der Waals surface area contributed by atoms with E-state index in [2.05, 4.69) is 27.3 Å². The second-order valence-electron chi connectivity index (χ2n) is 5.39. The van der Waals surface area contributed by atoms with Gasteiger partial charge in [-0.25, -0.2) is 14.8 Å². The number of nitrogens with zero attached hydrogens (tertiary/aromatic N) is 4. The SMILES string of the molecule is CCOC(=O)c1c(C)nc(-c2cnc#cn2)n1Cc1cc(Cl)ccc1Cl. The van der Waals surface area contributed by atoms with Gasteiger partial charge in [0.05, 0.1) is 37.4 Å². The third kappa shape index (κ3) is 3.64. The number of ether oxygens (including phenoxy) is 1. The average molecular weight is 389 g/mol. The highest BCUT2D eigenvalue weighted by molar-refractivity contribution is 6.33. The summed E-state index contributed by atoms with van der Waals surface area (Å²) < 4.78 is 6.88. The number of benzene rings is 1. The van der Waals surface area contributed by atoms with E-state index < -0.39 is 5.97 Å². The third-order valence-electron chi connectivity index (χ3n) is 3.65. The molecule has 1 aromatic carbocycles. The van der Waals surface area contributed by atoms with Crippen molar-refractivity contribution >= 4 is 29.2 Å². The van der Waals surface area contributed by atoms with Crippen molar-refractivity contribution in [3.8, 4) is 11.5 Å². The van der Waals surface area contributed by atoms with E-state index in [-0.39, 0.29) is 13.2 Å². The van der Waals surface area contributed by atoms with Gasteiger partial charge in [0.2, 0.25) is 0 Å². The van der Waals surface area contributed by atoms with E-state index in [1.165, 1.54) is 6.20 Å². The first kappa shape index (κ1) is 18.2. The number of carbonyl (C=O) groups is 1. The second kappa shape index (κ2) is 7.73. The topological polar surface area (TPSA) is 69.9 Å². The Morgan fingerprint density at radius 3 is 2.81 bits per heavy atom. The van der Waals surface area contributed by atoms with Crippen LogP contribution in [0.4, 0.5) is 0 Å².